The van der Waals surface area contributed by atoms with E-state index in [1.807, 2.05) is 12.1 Å². The van der Waals surface area contributed by atoms with Gasteiger partial charge < -0.3 is 44.8 Å². The summed E-state index contributed by atoms with van der Waals surface area (Å²) in [7, 11) is 0. The molecule has 1 aliphatic carbocycles. The molecule has 1 saturated carbocycles. The van der Waals surface area contributed by atoms with E-state index in [1.165, 1.54) is 0 Å². The predicted octanol–water partition coefficient (Wildman–Crippen LogP) is 4.00. The van der Waals surface area contributed by atoms with Gasteiger partial charge in [-0.05, 0) is 86.8 Å². The van der Waals surface area contributed by atoms with Crippen LogP contribution in [0.15, 0.2) is 36.9 Å². The molecule has 0 unspecified atom stereocenters. The van der Waals surface area contributed by atoms with Gasteiger partial charge in [0.1, 0.15) is 36.3 Å². The van der Waals surface area contributed by atoms with Gasteiger partial charge in [0.15, 0.2) is 5.60 Å². The van der Waals surface area contributed by atoms with E-state index in [4.69, 9.17) is 14.2 Å². The summed E-state index contributed by atoms with van der Waals surface area (Å²) in [5.41, 5.74) is -1.98. The minimum Gasteiger partial charge on any atom is -0.462 e. The second kappa shape index (κ2) is 16.8. The van der Waals surface area contributed by atoms with Gasteiger partial charge in [-0.1, -0.05) is 63.7 Å². The Labute approximate surface area is 274 Å². The van der Waals surface area contributed by atoms with E-state index in [-0.39, 0.29) is 25.9 Å². The molecule has 1 aromatic rings. The molecule has 0 aromatic heterocycles. The molecule has 5 rings (SSSR count). The van der Waals surface area contributed by atoms with E-state index in [0.717, 1.165) is 31.2 Å². The first-order valence-electron chi connectivity index (χ1n) is 17.2. The zero-order valence-electron chi connectivity index (χ0n) is 27.6. The molecule has 2 fully saturated rings. The van der Waals surface area contributed by atoms with Crippen LogP contribution in [0, 0.1) is 29.8 Å². The quantitative estimate of drug-likeness (QED) is 0.138. The van der Waals surface area contributed by atoms with E-state index < -0.39 is 53.9 Å². The van der Waals surface area contributed by atoms with Crippen molar-refractivity contribution in [3.63, 3.8) is 0 Å². The van der Waals surface area contributed by atoms with Crippen molar-refractivity contribution >= 4 is 0 Å². The highest BCUT2D eigenvalue weighted by Gasteiger charge is 2.59. The van der Waals surface area contributed by atoms with Crippen LogP contribution in [0.4, 0.5) is 0 Å². The van der Waals surface area contributed by atoms with Crippen LogP contribution in [-0.4, -0.2) is 85.3 Å². The molecular weight excluding hydrogens is 588 g/mol. The number of ether oxygens (including phenoxy) is 3. The van der Waals surface area contributed by atoms with Crippen LogP contribution in [0.2, 0.25) is 0 Å². The smallest absolute Gasteiger partial charge is 0.232 e. The summed E-state index contributed by atoms with van der Waals surface area (Å²) in [6, 6.07) is 7.22. The summed E-state index contributed by atoms with van der Waals surface area (Å²) in [6.07, 6.45) is 4.36. The molecule has 0 spiro atoms. The Bertz CT molecular complexity index is 1150. The van der Waals surface area contributed by atoms with Gasteiger partial charge in [0.2, 0.25) is 6.29 Å². The number of hydrogen-bond donors (Lipinski definition) is 6. The standard InChI is InChI=1S/C37H56O9/c1-4-8-26-14-16-29(17-15-26)45-35-37(43)24-28(18-20-36(42)19-5-9-27(23-36)13-12-25(2)3)30(39)10-7-22-44-31(11-6-21-38)33(46-35)32(40)34(37)41/h4,14-17,25,27-28,30-35,38-43H,1,5-6,8-13,18-21,23-24H2,2-3H3/t27-,28+,30+,31-,32-,33-,34+,35+,36-,37-/m1/s1. The van der Waals surface area contributed by atoms with E-state index in [0.29, 0.717) is 56.1 Å². The molecule has 2 bridgehead atoms. The zero-order chi connectivity index (χ0) is 33.3. The fraction of sp³-hybridized carbons (Fsp3) is 0.730. The van der Waals surface area contributed by atoms with Crippen molar-refractivity contribution in [3.05, 3.63) is 42.5 Å². The molecule has 1 saturated heterocycles. The van der Waals surface area contributed by atoms with Crippen LogP contribution in [0.1, 0.15) is 96.5 Å². The highest BCUT2D eigenvalue weighted by molar-refractivity contribution is 5.29. The number of hydrogen-bond acceptors (Lipinski definition) is 9. The Balaban J connectivity index is 1.62. The Kier molecular flexibility index (Phi) is 13.4. The van der Waals surface area contributed by atoms with Crippen molar-refractivity contribution in [1.82, 2.24) is 0 Å². The molecule has 46 heavy (non-hydrogen) atoms. The highest BCUT2D eigenvalue weighted by Crippen LogP contribution is 2.43. The maximum absolute atomic E-state index is 12.3. The summed E-state index contributed by atoms with van der Waals surface area (Å²) in [4.78, 5) is 0. The van der Waals surface area contributed by atoms with Crippen LogP contribution in [0.5, 0.6) is 5.75 Å². The third-order valence-electron chi connectivity index (χ3n) is 10.2. The number of aliphatic hydroxyl groups is 6. The fourth-order valence-corrected chi connectivity index (χ4v) is 7.43. The minimum absolute atomic E-state index is 0.0589. The highest BCUT2D eigenvalue weighted by atomic mass is 16.7. The normalized spacial score (nSPS) is 36.5. The third-order valence-corrected chi connectivity index (χ3v) is 10.2. The number of rotatable bonds is 13. The number of allylic oxidation sites excluding steroid dienone is 1. The van der Waals surface area contributed by atoms with Crippen molar-refractivity contribution in [2.45, 2.75) is 145 Å². The Morgan fingerprint density at radius 2 is 1.85 bits per heavy atom. The van der Waals surface area contributed by atoms with Crippen molar-refractivity contribution in [2.75, 3.05) is 6.61 Å². The van der Waals surface area contributed by atoms with Crippen molar-refractivity contribution in [2.24, 2.45) is 17.8 Å². The maximum atomic E-state index is 12.3. The van der Waals surface area contributed by atoms with Gasteiger partial charge in [-0.15, -0.1) is 6.58 Å². The van der Waals surface area contributed by atoms with Crippen LogP contribution < -0.4 is 4.74 Å². The Hall–Kier alpha value is -2.16. The lowest BCUT2D eigenvalue weighted by Crippen LogP contribution is -2.70. The van der Waals surface area contributed by atoms with E-state index in [9.17, 15) is 30.6 Å². The zero-order valence-corrected chi connectivity index (χ0v) is 27.6. The molecule has 3 aliphatic heterocycles. The van der Waals surface area contributed by atoms with Crippen LogP contribution >= 0.6 is 0 Å². The molecule has 9 nitrogen and oxygen atoms in total. The maximum Gasteiger partial charge on any atom is 0.232 e. The van der Waals surface area contributed by atoms with Crippen LogP contribution in [0.3, 0.4) is 0 Å². The minimum atomic E-state index is -2.12. The molecule has 4 aliphatic rings. The van der Waals surface area contributed by atoms with Gasteiger partial charge in [0.25, 0.3) is 0 Å². The van der Waals surface area contributed by atoms with Gasteiger partial charge in [-0.3, -0.25) is 0 Å². The summed E-state index contributed by atoms with van der Waals surface area (Å²) in [6.45, 7) is 8.08. The second-order valence-corrected chi connectivity index (χ2v) is 14.3. The topological polar surface area (TPSA) is 149 Å². The first kappa shape index (κ1) is 36.7. The van der Waals surface area contributed by atoms with Crippen molar-refractivity contribution in [1.29, 1.82) is 0 Å². The fourth-order valence-electron chi connectivity index (χ4n) is 7.43. The molecule has 3 heterocycles. The van der Waals surface area contributed by atoms with Crippen molar-refractivity contribution < 1.29 is 44.8 Å². The van der Waals surface area contributed by atoms with Gasteiger partial charge >= 0.3 is 0 Å². The van der Waals surface area contributed by atoms with Crippen LogP contribution in [-0.2, 0) is 15.9 Å². The molecule has 0 amide bonds. The average molecular weight is 645 g/mol. The third kappa shape index (κ3) is 9.47. The molecule has 1 aromatic carbocycles. The molecule has 258 valence electrons. The number of aliphatic hydroxyl groups excluding tert-OH is 4. The molecule has 0 radical (unpaired) electrons. The van der Waals surface area contributed by atoms with Crippen molar-refractivity contribution in [3.8, 4) is 17.8 Å². The largest absolute Gasteiger partial charge is 0.462 e. The van der Waals surface area contributed by atoms with Crippen LogP contribution in [0.25, 0.3) is 0 Å². The lowest BCUT2D eigenvalue weighted by atomic mass is 9.71. The summed E-state index contributed by atoms with van der Waals surface area (Å²) < 4.78 is 18.2. The summed E-state index contributed by atoms with van der Waals surface area (Å²) in [5, 5.41) is 67.7. The van der Waals surface area contributed by atoms with E-state index >= 15 is 0 Å². The monoisotopic (exact) mass is 644 g/mol. The van der Waals surface area contributed by atoms with E-state index in [1.54, 1.807) is 18.2 Å². The summed E-state index contributed by atoms with van der Waals surface area (Å²) in [5.74, 6) is 3.71. The summed E-state index contributed by atoms with van der Waals surface area (Å²) >= 11 is 0. The first-order chi connectivity index (χ1) is 22.0. The number of benzene rings is 1. The Morgan fingerprint density at radius 1 is 1.09 bits per heavy atom. The number of fused-ring (bicyclic) bond motifs is 8. The molecule has 6 N–H and O–H groups in total. The predicted molar refractivity (Wildman–Crippen MR) is 175 cm³/mol. The molecular formula is C37H56O9. The Morgan fingerprint density at radius 3 is 2.54 bits per heavy atom. The van der Waals surface area contributed by atoms with Gasteiger partial charge in [-0.2, -0.15) is 0 Å². The molecule has 9 heteroatoms. The lowest BCUT2D eigenvalue weighted by Gasteiger charge is -2.50. The van der Waals surface area contributed by atoms with E-state index in [2.05, 4.69) is 32.5 Å². The molecule has 10 atom stereocenters. The average Bonchev–Trinajstić information content (AvgIpc) is 3.03. The second-order valence-electron chi connectivity index (χ2n) is 14.3. The van der Waals surface area contributed by atoms with Gasteiger partial charge in [-0.25, -0.2) is 0 Å². The first-order valence-corrected chi connectivity index (χ1v) is 17.2. The lowest BCUT2D eigenvalue weighted by molar-refractivity contribution is -0.333. The van der Waals surface area contributed by atoms with Gasteiger partial charge in [0, 0.05) is 13.0 Å². The SMILES string of the molecule is C=CCc1ccc(O[C@H]2O[C@H]3[C@@H](O)[C@H](O)[C@]2(O)C[C@H](CC[C@]2(O)CCC[C@H](CCC(C)C)C2)[C@@H](O)CC#CO[C@@H]3CCCO)cc1. The van der Waals surface area contributed by atoms with Gasteiger partial charge in [0.05, 0.1) is 11.7 Å².